The Morgan fingerprint density at radius 2 is 2.33 bits per heavy atom. The number of hydrogen-bond donors (Lipinski definition) is 1. The van der Waals surface area contributed by atoms with Crippen LogP contribution in [0.1, 0.15) is 5.01 Å². The van der Waals surface area contributed by atoms with Gasteiger partial charge in [-0.25, -0.2) is 4.98 Å². The van der Waals surface area contributed by atoms with Gasteiger partial charge in [0.15, 0.2) is 0 Å². The van der Waals surface area contributed by atoms with Crippen molar-refractivity contribution in [2.75, 3.05) is 12.5 Å². The molecule has 0 spiro atoms. The fraction of sp³-hybridized carbons (Fsp3) is 0.222. The van der Waals surface area contributed by atoms with Crippen molar-refractivity contribution >= 4 is 27.2 Å². The normalized spacial score (nSPS) is 12.0. The molecule has 5 nitrogen and oxygen atoms in total. The van der Waals surface area contributed by atoms with Crippen LogP contribution in [0.3, 0.4) is 0 Å². The molecule has 15 heavy (non-hydrogen) atoms. The van der Waals surface area contributed by atoms with Crippen LogP contribution in [0.2, 0.25) is 0 Å². The van der Waals surface area contributed by atoms with Crippen LogP contribution in [0, 0.1) is 12.1 Å². The van der Waals surface area contributed by atoms with Crippen molar-refractivity contribution in [3.63, 3.8) is 0 Å². The Bertz CT molecular complexity index is 516. The van der Waals surface area contributed by atoms with Gasteiger partial charge in [-0.05, 0) is 19.1 Å². The van der Waals surface area contributed by atoms with Crippen LogP contribution in [0.15, 0.2) is 23.4 Å². The lowest BCUT2D eigenvalue weighted by Gasteiger charge is -1.97. The molecule has 0 aliphatic rings. The van der Waals surface area contributed by atoms with Gasteiger partial charge < -0.3 is 5.21 Å². The first-order valence-electron chi connectivity index (χ1n) is 4.40. The summed E-state index contributed by atoms with van der Waals surface area (Å²) in [5.74, 6) is 0. The average molecular weight is 222 g/mol. The number of thiazole rings is 1. The first-order chi connectivity index (χ1) is 7.15. The molecule has 0 bridgehead atoms. The molecule has 2 rings (SSSR count). The molecule has 1 N–H and O–H groups in total. The monoisotopic (exact) mass is 222 g/mol. The zero-order chi connectivity index (χ0) is 10.8. The molecule has 1 heterocycles. The molecule has 0 unspecified atom stereocenters. The van der Waals surface area contributed by atoms with Crippen molar-refractivity contribution in [1.29, 1.82) is 0 Å². The molecule has 0 saturated heterocycles. The molecule has 0 amide bonds. The summed E-state index contributed by atoms with van der Waals surface area (Å²) < 4.78 is 1.08. The largest absolute Gasteiger partial charge is 0.696 e. The van der Waals surface area contributed by atoms with E-state index in [0.29, 0.717) is 4.86 Å². The summed E-state index contributed by atoms with van der Waals surface area (Å²) in [7, 11) is 1.32. The first kappa shape index (κ1) is 9.85. The van der Waals surface area contributed by atoms with Gasteiger partial charge in [0.2, 0.25) is 0 Å². The maximum atomic E-state index is 10.6. The molecule has 1 aromatic heterocycles. The average Bonchev–Trinajstić information content (AvgIpc) is 2.53. The van der Waals surface area contributed by atoms with Crippen LogP contribution >= 0.6 is 11.3 Å². The summed E-state index contributed by atoms with van der Waals surface area (Å²) in [6, 6.07) is 5.67. The number of nitrogens with one attached hydrogen (secondary N) is 1. The van der Waals surface area contributed by atoms with Crippen molar-refractivity contribution < 1.29 is 4.86 Å². The molecule has 2 aromatic rings. The van der Waals surface area contributed by atoms with Gasteiger partial charge in [0.25, 0.3) is 0 Å². The predicted molar refractivity (Wildman–Crippen MR) is 60.0 cm³/mol. The van der Waals surface area contributed by atoms with E-state index in [9.17, 15) is 5.21 Å². The molecule has 0 saturated carbocycles. The molecule has 0 fully saturated rings. The Balaban J connectivity index is 2.34. The van der Waals surface area contributed by atoms with Gasteiger partial charge in [-0.15, -0.1) is 16.8 Å². The Morgan fingerprint density at radius 3 is 3.07 bits per heavy atom. The van der Waals surface area contributed by atoms with Gasteiger partial charge >= 0.3 is 0 Å². The van der Waals surface area contributed by atoms with Crippen LogP contribution in [0.4, 0.5) is 5.69 Å². The standard InChI is InChI=1S/C9H10N4OS/c1-6-10-8-4-3-7(5-9(8)15-6)11-12-13(2)14/h3-5,11H,1-2H3/b13-12+. The molecule has 6 heteroatoms. The third kappa shape index (κ3) is 2.21. The highest BCUT2D eigenvalue weighted by molar-refractivity contribution is 7.18. The van der Waals surface area contributed by atoms with Crippen molar-refractivity contribution in [1.82, 2.24) is 4.98 Å². The lowest BCUT2D eigenvalue weighted by molar-refractivity contribution is -0.497. The summed E-state index contributed by atoms with van der Waals surface area (Å²) >= 11 is 1.62. The van der Waals surface area contributed by atoms with Crippen molar-refractivity contribution in [2.45, 2.75) is 6.92 Å². The lowest BCUT2D eigenvalue weighted by Crippen LogP contribution is -1.96. The van der Waals surface area contributed by atoms with E-state index in [-0.39, 0.29) is 0 Å². The Morgan fingerprint density at radius 1 is 1.53 bits per heavy atom. The number of anilines is 1. The van der Waals surface area contributed by atoms with Gasteiger partial charge in [0.05, 0.1) is 20.4 Å². The second-order valence-corrected chi connectivity index (χ2v) is 4.33. The Kier molecular flexibility index (Phi) is 2.51. The molecule has 0 atom stereocenters. The van der Waals surface area contributed by atoms with E-state index >= 15 is 0 Å². The first-order valence-corrected chi connectivity index (χ1v) is 5.21. The van der Waals surface area contributed by atoms with Crippen LogP contribution in [-0.4, -0.2) is 16.9 Å². The topological polar surface area (TPSA) is 63.3 Å². The number of fused-ring (bicyclic) bond motifs is 1. The number of nitrogens with zero attached hydrogens (tertiary/aromatic N) is 3. The van der Waals surface area contributed by atoms with Gasteiger partial charge in [0, 0.05) is 6.07 Å². The van der Waals surface area contributed by atoms with Crippen LogP contribution < -0.4 is 5.43 Å². The van der Waals surface area contributed by atoms with Crippen LogP contribution in [-0.2, 0) is 0 Å². The smallest absolute Gasteiger partial charge is 0.148 e. The maximum absolute atomic E-state index is 10.6. The highest BCUT2D eigenvalue weighted by atomic mass is 32.1. The van der Waals surface area contributed by atoms with Gasteiger partial charge in [-0.1, -0.05) is 0 Å². The minimum atomic E-state index is 0.474. The molecule has 0 aliphatic carbocycles. The molecular formula is C9H10N4OS. The highest BCUT2D eigenvalue weighted by Crippen LogP contribution is 2.24. The summed E-state index contributed by atoms with van der Waals surface area (Å²) in [5.41, 5.74) is 4.42. The number of hydrogen-bond acceptors (Lipinski definition) is 4. The molecule has 0 radical (unpaired) electrons. The minimum absolute atomic E-state index is 0.474. The Hall–Kier alpha value is -1.69. The van der Waals surface area contributed by atoms with Crippen molar-refractivity contribution in [3.8, 4) is 0 Å². The summed E-state index contributed by atoms with van der Waals surface area (Å²) in [6.45, 7) is 1.97. The van der Waals surface area contributed by atoms with Gasteiger partial charge in [0.1, 0.15) is 12.7 Å². The maximum Gasteiger partial charge on any atom is 0.148 e. The summed E-state index contributed by atoms with van der Waals surface area (Å²) in [6.07, 6.45) is 0. The predicted octanol–water partition coefficient (Wildman–Crippen LogP) is 2.52. The zero-order valence-corrected chi connectivity index (χ0v) is 9.21. The number of aryl methyl sites for hydroxylation is 1. The second kappa shape index (κ2) is 3.82. The summed E-state index contributed by atoms with van der Waals surface area (Å²) in [5, 5.41) is 15.1. The number of benzene rings is 1. The lowest BCUT2D eigenvalue weighted by atomic mass is 10.3. The minimum Gasteiger partial charge on any atom is -0.696 e. The van der Waals surface area contributed by atoms with E-state index in [1.165, 1.54) is 7.05 Å². The van der Waals surface area contributed by atoms with Gasteiger partial charge in [-0.2, -0.15) is 4.86 Å². The third-order valence-corrected chi connectivity index (χ3v) is 2.75. The highest BCUT2D eigenvalue weighted by Gasteiger charge is 2.03. The molecule has 1 aromatic carbocycles. The number of rotatable bonds is 2. The molecule has 0 aliphatic heterocycles. The van der Waals surface area contributed by atoms with E-state index < -0.39 is 0 Å². The van der Waals surface area contributed by atoms with Gasteiger partial charge in [-0.3, -0.25) is 0 Å². The van der Waals surface area contributed by atoms with Crippen LogP contribution in [0.25, 0.3) is 10.2 Å². The van der Waals surface area contributed by atoms with E-state index in [4.69, 9.17) is 0 Å². The fourth-order valence-corrected chi connectivity index (χ4v) is 2.10. The van der Waals surface area contributed by atoms with Crippen molar-refractivity contribution in [2.24, 2.45) is 5.22 Å². The second-order valence-electron chi connectivity index (χ2n) is 3.09. The van der Waals surface area contributed by atoms with E-state index in [0.717, 1.165) is 20.9 Å². The van der Waals surface area contributed by atoms with E-state index in [1.807, 2.05) is 25.1 Å². The summed E-state index contributed by atoms with van der Waals surface area (Å²) in [4.78, 5) is 4.81. The molecular weight excluding hydrogens is 212 g/mol. The number of hydroxylamine groups is 1. The fourth-order valence-electron chi connectivity index (χ4n) is 1.24. The molecule has 78 valence electrons. The number of aromatic nitrogens is 1. The van der Waals surface area contributed by atoms with E-state index in [1.54, 1.807) is 11.3 Å². The van der Waals surface area contributed by atoms with E-state index in [2.05, 4.69) is 15.6 Å². The third-order valence-electron chi connectivity index (χ3n) is 1.82. The zero-order valence-electron chi connectivity index (χ0n) is 8.39. The Labute approximate surface area is 90.6 Å². The SMILES string of the molecule is Cc1nc2ccc(N/N=[N+](\C)[O-])cc2s1. The van der Waals surface area contributed by atoms with Crippen LogP contribution in [0.5, 0.6) is 0 Å². The van der Waals surface area contributed by atoms with Crippen molar-refractivity contribution in [3.05, 3.63) is 28.4 Å². The quantitative estimate of drug-likeness (QED) is 0.482.